The second-order valence-electron chi connectivity index (χ2n) is 2.73. The van der Waals surface area contributed by atoms with Crippen molar-refractivity contribution in [3.63, 3.8) is 0 Å². The van der Waals surface area contributed by atoms with E-state index in [9.17, 15) is 9.59 Å². The largest absolute Gasteiger partial charge is 0.481 e. The zero-order chi connectivity index (χ0) is 11.1. The second-order valence-corrected chi connectivity index (χ2v) is 2.73. The van der Waals surface area contributed by atoms with Gasteiger partial charge in [0.1, 0.15) is 6.04 Å². The van der Waals surface area contributed by atoms with E-state index >= 15 is 0 Å². The first-order valence-corrected chi connectivity index (χ1v) is 3.94. The lowest BCUT2D eigenvalue weighted by Gasteiger charge is -2.14. The maximum absolute atomic E-state index is 10.5. The highest BCUT2D eigenvalue weighted by Crippen LogP contribution is 1.93. The Kier molecular flexibility index (Phi) is 5.77. The van der Waals surface area contributed by atoms with Gasteiger partial charge >= 0.3 is 11.9 Å². The quantitative estimate of drug-likeness (QED) is 0.322. The molecule has 0 aliphatic heterocycles. The molecule has 0 saturated carbocycles. The minimum absolute atomic E-state index is 0.166. The third-order valence-corrected chi connectivity index (χ3v) is 1.49. The first-order chi connectivity index (χ1) is 6.47. The van der Waals surface area contributed by atoms with Gasteiger partial charge in [0.15, 0.2) is 0 Å². The molecule has 2 atom stereocenters. The molecule has 0 aromatic rings. The number of hydrogen-bond donors (Lipinski definition) is 5. The first kappa shape index (κ1) is 12.8. The maximum Gasteiger partial charge on any atom is 0.321 e. The van der Waals surface area contributed by atoms with Crippen LogP contribution in [0, 0.1) is 0 Å². The smallest absolute Gasteiger partial charge is 0.321 e. The Balaban J connectivity index is 3.97. The molecular weight excluding hydrogens is 194 g/mol. The summed E-state index contributed by atoms with van der Waals surface area (Å²) in [6.07, 6.45) is -1.67. The number of carboxylic acids is 2. The van der Waals surface area contributed by atoms with Crippen LogP contribution in [0.2, 0.25) is 0 Å². The zero-order valence-corrected chi connectivity index (χ0v) is 7.38. The van der Waals surface area contributed by atoms with E-state index in [-0.39, 0.29) is 6.54 Å². The predicted molar refractivity (Wildman–Crippen MR) is 44.8 cm³/mol. The summed E-state index contributed by atoms with van der Waals surface area (Å²) in [5.41, 5.74) is 0. The van der Waals surface area contributed by atoms with Crippen LogP contribution in [0.25, 0.3) is 0 Å². The van der Waals surface area contributed by atoms with Gasteiger partial charge in [0.05, 0.1) is 19.1 Å². The highest BCUT2D eigenvalue weighted by atomic mass is 16.4. The van der Waals surface area contributed by atoms with Crippen molar-refractivity contribution in [1.29, 1.82) is 0 Å². The third kappa shape index (κ3) is 5.46. The van der Waals surface area contributed by atoms with E-state index < -0.39 is 37.1 Å². The number of nitrogens with one attached hydrogen (secondary N) is 1. The first-order valence-electron chi connectivity index (χ1n) is 3.94. The van der Waals surface area contributed by atoms with Gasteiger partial charge < -0.3 is 25.7 Å². The van der Waals surface area contributed by atoms with Crippen molar-refractivity contribution >= 4 is 11.9 Å². The van der Waals surface area contributed by atoms with Crippen LogP contribution in [0.15, 0.2) is 0 Å². The average Bonchev–Trinajstić information content (AvgIpc) is 2.10. The van der Waals surface area contributed by atoms with Gasteiger partial charge in [-0.2, -0.15) is 0 Å². The lowest BCUT2D eigenvalue weighted by atomic mass is 10.2. The summed E-state index contributed by atoms with van der Waals surface area (Å²) in [6, 6.07) is -1.26. The monoisotopic (exact) mass is 207 g/mol. The number of aliphatic hydroxyl groups excluding tert-OH is 2. The highest BCUT2D eigenvalue weighted by molar-refractivity contribution is 5.80. The number of carboxylic acid groups (broad SMARTS) is 2. The predicted octanol–water partition coefficient (Wildman–Crippen LogP) is -2.14. The fourth-order valence-electron chi connectivity index (χ4n) is 0.764. The van der Waals surface area contributed by atoms with Crippen molar-refractivity contribution in [1.82, 2.24) is 5.32 Å². The molecule has 7 heteroatoms. The fourth-order valence-corrected chi connectivity index (χ4v) is 0.764. The molecule has 0 bridgehead atoms. The molecule has 0 aromatic carbocycles. The lowest BCUT2D eigenvalue weighted by molar-refractivity contribution is -0.146. The van der Waals surface area contributed by atoms with Crippen molar-refractivity contribution < 1.29 is 30.0 Å². The van der Waals surface area contributed by atoms with Crippen LogP contribution in [0.5, 0.6) is 0 Å². The van der Waals surface area contributed by atoms with Crippen LogP contribution in [0.3, 0.4) is 0 Å². The number of carbonyl (C=O) groups is 2. The van der Waals surface area contributed by atoms with Crippen molar-refractivity contribution in [3.8, 4) is 0 Å². The summed E-state index contributed by atoms with van der Waals surface area (Å²) < 4.78 is 0. The summed E-state index contributed by atoms with van der Waals surface area (Å²) in [4.78, 5) is 20.7. The molecule has 0 aromatic heterocycles. The molecule has 5 N–H and O–H groups in total. The molecule has 0 aliphatic carbocycles. The minimum Gasteiger partial charge on any atom is -0.481 e. The van der Waals surface area contributed by atoms with E-state index in [1.54, 1.807) is 0 Å². The normalized spacial score (nSPS) is 14.7. The third-order valence-electron chi connectivity index (χ3n) is 1.49. The SMILES string of the molecule is O=C(O)C[C@H](NCC(O)CO)C(=O)O. The van der Waals surface area contributed by atoms with Crippen LogP contribution in [0.1, 0.15) is 6.42 Å². The molecule has 0 amide bonds. The van der Waals surface area contributed by atoms with Gasteiger partial charge in [-0.1, -0.05) is 0 Å². The molecule has 82 valence electrons. The summed E-state index contributed by atoms with van der Waals surface area (Å²) in [6.45, 7) is -0.673. The van der Waals surface area contributed by atoms with E-state index in [0.29, 0.717) is 0 Å². The summed E-state index contributed by atoms with van der Waals surface area (Å²) >= 11 is 0. The van der Waals surface area contributed by atoms with Gasteiger partial charge in [-0.3, -0.25) is 9.59 Å². The number of rotatable bonds is 7. The second kappa shape index (κ2) is 6.30. The van der Waals surface area contributed by atoms with E-state index in [1.807, 2.05) is 0 Å². The Morgan fingerprint density at radius 1 is 1.29 bits per heavy atom. The Bertz CT molecular complexity index is 206. The van der Waals surface area contributed by atoms with Crippen LogP contribution in [-0.4, -0.2) is 57.7 Å². The number of aliphatic carboxylic acids is 2. The Hall–Kier alpha value is -1.18. The average molecular weight is 207 g/mol. The van der Waals surface area contributed by atoms with E-state index in [0.717, 1.165) is 0 Å². The molecular formula is C7H13NO6. The van der Waals surface area contributed by atoms with Gasteiger partial charge in [-0.15, -0.1) is 0 Å². The lowest BCUT2D eigenvalue weighted by Crippen LogP contribution is -2.43. The molecule has 14 heavy (non-hydrogen) atoms. The van der Waals surface area contributed by atoms with E-state index in [1.165, 1.54) is 0 Å². The van der Waals surface area contributed by atoms with Crippen molar-refractivity contribution in [3.05, 3.63) is 0 Å². The summed E-state index contributed by atoms with van der Waals surface area (Å²) in [5.74, 6) is -2.55. The summed E-state index contributed by atoms with van der Waals surface area (Å²) in [5, 5.41) is 36.5. The van der Waals surface area contributed by atoms with Crippen LogP contribution in [0.4, 0.5) is 0 Å². The van der Waals surface area contributed by atoms with Gasteiger partial charge in [-0.25, -0.2) is 0 Å². The molecule has 0 saturated heterocycles. The molecule has 0 fully saturated rings. The number of hydrogen-bond acceptors (Lipinski definition) is 5. The van der Waals surface area contributed by atoms with Gasteiger partial charge in [0.2, 0.25) is 0 Å². The van der Waals surface area contributed by atoms with E-state index in [4.69, 9.17) is 20.4 Å². The van der Waals surface area contributed by atoms with Crippen molar-refractivity contribution in [2.45, 2.75) is 18.6 Å². The Labute approximate surface area is 80.0 Å². The molecule has 0 heterocycles. The summed E-state index contributed by atoms with van der Waals surface area (Å²) in [7, 11) is 0. The standard InChI is InChI=1S/C7H13NO6/c9-3-4(10)2-8-5(7(13)14)1-6(11)12/h4-5,8-10H,1-3H2,(H,11,12)(H,13,14)/t4?,5-/m0/s1. The van der Waals surface area contributed by atoms with Crippen molar-refractivity contribution in [2.24, 2.45) is 0 Å². The molecule has 0 spiro atoms. The minimum atomic E-state index is -1.31. The van der Waals surface area contributed by atoms with Crippen molar-refractivity contribution in [2.75, 3.05) is 13.2 Å². The van der Waals surface area contributed by atoms with Crippen LogP contribution < -0.4 is 5.32 Å². The van der Waals surface area contributed by atoms with E-state index in [2.05, 4.69) is 5.32 Å². The molecule has 0 aliphatic rings. The molecule has 7 nitrogen and oxygen atoms in total. The Morgan fingerprint density at radius 3 is 2.21 bits per heavy atom. The zero-order valence-electron chi connectivity index (χ0n) is 7.38. The highest BCUT2D eigenvalue weighted by Gasteiger charge is 2.20. The van der Waals surface area contributed by atoms with Gasteiger partial charge in [0.25, 0.3) is 0 Å². The number of aliphatic hydroxyl groups is 2. The van der Waals surface area contributed by atoms with Crippen LogP contribution in [-0.2, 0) is 9.59 Å². The Morgan fingerprint density at radius 2 is 1.86 bits per heavy atom. The topological polar surface area (TPSA) is 127 Å². The van der Waals surface area contributed by atoms with Crippen LogP contribution >= 0.6 is 0 Å². The maximum atomic E-state index is 10.5. The van der Waals surface area contributed by atoms with Gasteiger partial charge in [-0.05, 0) is 0 Å². The molecule has 1 unspecified atom stereocenters. The molecule has 0 rings (SSSR count). The van der Waals surface area contributed by atoms with Gasteiger partial charge in [0, 0.05) is 6.54 Å². The molecule has 0 radical (unpaired) electrons. The fraction of sp³-hybridized carbons (Fsp3) is 0.714.